The topological polar surface area (TPSA) is 0 Å². The summed E-state index contributed by atoms with van der Waals surface area (Å²) in [4.78, 5) is -0.0694. The van der Waals surface area contributed by atoms with Crippen molar-refractivity contribution in [2.24, 2.45) is 0 Å². The summed E-state index contributed by atoms with van der Waals surface area (Å²) in [5.41, 5.74) is -2.08. The Labute approximate surface area is 139 Å². The van der Waals surface area contributed by atoms with Crippen LogP contribution in [0.1, 0.15) is 22.3 Å². The Bertz CT molecular complexity index is 959. The van der Waals surface area contributed by atoms with Gasteiger partial charge in [-0.15, -0.1) is 22.7 Å². The molecule has 8 heteroatoms. The molecule has 24 heavy (non-hydrogen) atoms. The number of halogens is 6. The van der Waals surface area contributed by atoms with Crippen LogP contribution in [0.25, 0.3) is 20.9 Å². The average Bonchev–Trinajstić information content (AvgIpc) is 3.17. The molecule has 0 spiro atoms. The number of alkyl halides is 4. The van der Waals surface area contributed by atoms with Gasteiger partial charge in [-0.25, -0.2) is 0 Å². The van der Waals surface area contributed by atoms with Crippen LogP contribution in [-0.4, -0.2) is 0 Å². The molecule has 0 atom stereocenters. The van der Waals surface area contributed by atoms with Crippen molar-refractivity contribution in [3.63, 3.8) is 0 Å². The Morgan fingerprint density at radius 3 is 1.33 bits per heavy atom. The van der Waals surface area contributed by atoms with Crippen molar-refractivity contribution >= 4 is 22.7 Å². The SMILES string of the molecule is Fc1cc2c(s1)-c1cc3c(cc1C2(F)F)-c1sc(F)cc1C3(F)F. The van der Waals surface area contributed by atoms with Gasteiger partial charge in [0.2, 0.25) is 0 Å². The highest BCUT2D eigenvalue weighted by atomic mass is 32.1. The van der Waals surface area contributed by atoms with Gasteiger partial charge in [0.25, 0.3) is 0 Å². The van der Waals surface area contributed by atoms with E-state index in [4.69, 9.17) is 0 Å². The molecule has 122 valence electrons. The zero-order chi connectivity index (χ0) is 17.0. The molecule has 0 bridgehead atoms. The summed E-state index contributed by atoms with van der Waals surface area (Å²) in [5.74, 6) is -6.93. The summed E-state index contributed by atoms with van der Waals surface area (Å²) in [6.07, 6.45) is 0. The molecule has 5 rings (SSSR count). The first-order valence-corrected chi connectivity index (χ1v) is 8.39. The van der Waals surface area contributed by atoms with Crippen LogP contribution in [-0.2, 0) is 11.8 Å². The van der Waals surface area contributed by atoms with Crippen molar-refractivity contribution in [1.29, 1.82) is 0 Å². The van der Waals surface area contributed by atoms with E-state index in [-0.39, 0.29) is 20.9 Å². The van der Waals surface area contributed by atoms with Crippen molar-refractivity contribution < 1.29 is 26.3 Å². The molecule has 0 aliphatic heterocycles. The maximum Gasteiger partial charge on any atom is 0.300 e. The van der Waals surface area contributed by atoms with Crippen LogP contribution >= 0.6 is 22.7 Å². The maximum absolute atomic E-state index is 14.6. The molecule has 0 unspecified atom stereocenters. The molecule has 0 nitrogen and oxygen atoms in total. The highest BCUT2D eigenvalue weighted by Crippen LogP contribution is 2.60. The molecular formula is C16H4F6S2. The lowest BCUT2D eigenvalue weighted by Gasteiger charge is -2.15. The third-order valence-electron chi connectivity index (χ3n) is 4.40. The van der Waals surface area contributed by atoms with Crippen molar-refractivity contribution in [2.45, 2.75) is 11.8 Å². The minimum atomic E-state index is -3.46. The lowest BCUT2D eigenvalue weighted by Crippen LogP contribution is -2.13. The Morgan fingerprint density at radius 1 is 0.583 bits per heavy atom. The Morgan fingerprint density at radius 2 is 0.958 bits per heavy atom. The van der Waals surface area contributed by atoms with Crippen molar-refractivity contribution in [3.8, 4) is 20.9 Å². The zero-order valence-corrected chi connectivity index (χ0v) is 13.0. The van der Waals surface area contributed by atoms with E-state index in [1.807, 2.05) is 0 Å². The van der Waals surface area contributed by atoms with Crippen molar-refractivity contribution in [2.75, 3.05) is 0 Å². The van der Waals surface area contributed by atoms with Gasteiger partial charge in [0.1, 0.15) is 0 Å². The van der Waals surface area contributed by atoms with E-state index < -0.39 is 44.4 Å². The third-order valence-corrected chi connectivity index (χ3v) is 6.32. The fourth-order valence-electron chi connectivity index (χ4n) is 3.37. The van der Waals surface area contributed by atoms with E-state index >= 15 is 0 Å². The maximum atomic E-state index is 14.6. The van der Waals surface area contributed by atoms with Gasteiger partial charge >= 0.3 is 11.8 Å². The summed E-state index contributed by atoms with van der Waals surface area (Å²) in [6.45, 7) is 0. The van der Waals surface area contributed by atoms with Gasteiger partial charge in [0.15, 0.2) is 10.3 Å². The lowest BCUT2D eigenvalue weighted by molar-refractivity contribution is 0.0451. The predicted molar refractivity (Wildman–Crippen MR) is 79.0 cm³/mol. The molecule has 2 aliphatic rings. The summed E-state index contributed by atoms with van der Waals surface area (Å²) < 4.78 is 85.0. The first-order chi connectivity index (χ1) is 11.2. The van der Waals surface area contributed by atoms with Crippen LogP contribution in [0.15, 0.2) is 24.3 Å². The van der Waals surface area contributed by atoms with Crippen LogP contribution in [0, 0.1) is 10.3 Å². The second kappa shape index (κ2) is 4.05. The van der Waals surface area contributed by atoms with Gasteiger partial charge < -0.3 is 0 Å². The molecule has 3 aromatic rings. The van der Waals surface area contributed by atoms with E-state index in [0.717, 1.165) is 24.3 Å². The van der Waals surface area contributed by atoms with Crippen LogP contribution < -0.4 is 0 Å². The summed E-state index contributed by atoms with van der Waals surface area (Å²) in [5, 5.41) is -1.59. The minimum absolute atomic E-state index is 0.0347. The standard InChI is InChI=1S/C16H4F6S2/c17-11-3-9-13(23-11)5-1-7-6(2-8(5)16(9,21)22)14-10(15(7,19)20)4-12(18)24-14/h1-4H. The lowest BCUT2D eigenvalue weighted by atomic mass is 9.99. The van der Waals surface area contributed by atoms with Gasteiger partial charge in [-0.1, -0.05) is 0 Å². The number of fused-ring (bicyclic) bond motifs is 6. The fraction of sp³-hybridized carbons (Fsp3) is 0.125. The van der Waals surface area contributed by atoms with E-state index in [2.05, 4.69) is 0 Å². The Kier molecular flexibility index (Phi) is 2.45. The molecule has 0 fully saturated rings. The number of rotatable bonds is 0. The van der Waals surface area contributed by atoms with E-state index in [1.165, 1.54) is 0 Å². The molecule has 2 heterocycles. The van der Waals surface area contributed by atoms with E-state index in [9.17, 15) is 26.3 Å². The second-order valence-electron chi connectivity index (χ2n) is 5.68. The smallest absolute Gasteiger partial charge is 0.196 e. The monoisotopic (exact) mass is 374 g/mol. The Balaban J connectivity index is 1.86. The van der Waals surface area contributed by atoms with Gasteiger partial charge in [-0.2, -0.15) is 26.3 Å². The molecule has 1 aromatic carbocycles. The van der Waals surface area contributed by atoms with Crippen molar-refractivity contribution in [1.82, 2.24) is 0 Å². The molecule has 2 aliphatic carbocycles. The molecule has 0 N–H and O–H groups in total. The highest BCUT2D eigenvalue weighted by Gasteiger charge is 2.51. The first kappa shape index (κ1) is 14.5. The van der Waals surface area contributed by atoms with Crippen LogP contribution in [0.3, 0.4) is 0 Å². The molecule has 0 radical (unpaired) electrons. The summed E-state index contributed by atoms with van der Waals surface area (Å²) in [6, 6.07) is 3.45. The first-order valence-electron chi connectivity index (χ1n) is 6.76. The van der Waals surface area contributed by atoms with Gasteiger partial charge in [-0.3, -0.25) is 0 Å². The largest absolute Gasteiger partial charge is 0.300 e. The van der Waals surface area contributed by atoms with Gasteiger partial charge in [-0.05, 0) is 24.3 Å². The van der Waals surface area contributed by atoms with Gasteiger partial charge in [0.05, 0.1) is 0 Å². The third kappa shape index (κ3) is 1.51. The summed E-state index contributed by atoms with van der Waals surface area (Å²) >= 11 is 1.01. The Hall–Kier alpha value is -1.80. The zero-order valence-electron chi connectivity index (χ0n) is 11.4. The van der Waals surface area contributed by atoms with E-state index in [1.54, 1.807) is 0 Å². The quantitative estimate of drug-likeness (QED) is 0.404. The predicted octanol–water partition coefficient (Wildman–Crippen LogP) is 6.33. The normalized spacial score (nSPS) is 18.2. The molecule has 0 saturated heterocycles. The van der Waals surface area contributed by atoms with Crippen LogP contribution in [0.5, 0.6) is 0 Å². The number of hydrogen-bond acceptors (Lipinski definition) is 2. The number of thiophene rings is 2. The molecule has 0 saturated carbocycles. The van der Waals surface area contributed by atoms with Crippen LogP contribution in [0.4, 0.5) is 26.3 Å². The highest BCUT2D eigenvalue weighted by molar-refractivity contribution is 7.14. The fourth-order valence-corrected chi connectivity index (χ4v) is 5.27. The molecule has 0 amide bonds. The number of hydrogen-bond donors (Lipinski definition) is 0. The second-order valence-corrected chi connectivity index (χ2v) is 7.68. The molecular weight excluding hydrogens is 370 g/mol. The average molecular weight is 374 g/mol. The minimum Gasteiger partial charge on any atom is -0.196 e. The molecule has 2 aromatic heterocycles. The van der Waals surface area contributed by atoms with Crippen LogP contribution in [0.2, 0.25) is 0 Å². The van der Waals surface area contributed by atoms with Crippen molar-refractivity contribution in [3.05, 3.63) is 56.8 Å². The van der Waals surface area contributed by atoms with Gasteiger partial charge in [0, 0.05) is 43.1 Å². The summed E-state index contributed by atoms with van der Waals surface area (Å²) in [7, 11) is 0. The number of benzene rings is 1. The van der Waals surface area contributed by atoms with E-state index in [0.29, 0.717) is 22.7 Å².